The van der Waals surface area contributed by atoms with Crippen LogP contribution in [0.3, 0.4) is 0 Å². The van der Waals surface area contributed by atoms with Crippen LogP contribution in [0.5, 0.6) is 0 Å². The molecule has 4 N–H and O–H groups in total. The third-order valence-corrected chi connectivity index (χ3v) is 3.14. The van der Waals surface area contributed by atoms with Gasteiger partial charge in [0.25, 0.3) is 0 Å². The van der Waals surface area contributed by atoms with Crippen molar-refractivity contribution >= 4 is 17.8 Å². The maximum atomic E-state index is 11.8. The van der Waals surface area contributed by atoms with Gasteiger partial charge in [-0.15, -0.1) is 0 Å². The molecular formula is C17H25N3O4. The summed E-state index contributed by atoms with van der Waals surface area (Å²) in [5.74, 6) is -1.98. The Balaban J connectivity index is 2.43. The minimum Gasteiger partial charge on any atom is -0.480 e. The third-order valence-electron chi connectivity index (χ3n) is 3.14. The van der Waals surface area contributed by atoms with Gasteiger partial charge >= 0.3 is 5.97 Å². The van der Waals surface area contributed by atoms with Crippen LogP contribution in [-0.4, -0.2) is 47.6 Å². The number of hydrogen-bond acceptors (Lipinski definition) is 4. The third kappa shape index (κ3) is 8.28. The second-order valence-electron chi connectivity index (χ2n) is 6.53. The predicted octanol–water partition coefficient (Wildman–Crippen LogP) is 0.303. The lowest BCUT2D eigenvalue weighted by atomic mass is 10.1. The molecule has 0 bridgehead atoms. The molecular weight excluding hydrogens is 310 g/mol. The van der Waals surface area contributed by atoms with Gasteiger partial charge in [-0.3, -0.25) is 9.59 Å². The summed E-state index contributed by atoms with van der Waals surface area (Å²) in [6.07, 6.45) is 0.182. The number of nitrogens with one attached hydrogen (secondary N) is 3. The first-order chi connectivity index (χ1) is 11.2. The van der Waals surface area contributed by atoms with E-state index in [1.807, 2.05) is 26.8 Å². The number of hydrogen-bond donors (Lipinski definition) is 4. The monoisotopic (exact) mass is 335 g/mol. The highest BCUT2D eigenvalue weighted by Gasteiger charge is 2.20. The smallest absolute Gasteiger partial charge is 0.326 e. The van der Waals surface area contributed by atoms with E-state index in [-0.39, 0.29) is 31.0 Å². The molecule has 1 aromatic rings. The summed E-state index contributed by atoms with van der Waals surface area (Å²) < 4.78 is 0. The molecule has 1 atom stereocenters. The van der Waals surface area contributed by atoms with Crippen LogP contribution >= 0.6 is 0 Å². The Hall–Kier alpha value is -2.41. The SMILES string of the molecule is CC(C)(C)NCC(=O)NCC(=O)N[C@H](Cc1ccccc1)C(=O)O. The quantitative estimate of drug-likeness (QED) is 0.547. The molecule has 0 fully saturated rings. The molecule has 0 radical (unpaired) electrons. The first kappa shape index (κ1) is 19.6. The first-order valence-electron chi connectivity index (χ1n) is 7.75. The maximum Gasteiger partial charge on any atom is 0.326 e. The number of amides is 2. The van der Waals surface area contributed by atoms with E-state index in [9.17, 15) is 19.5 Å². The summed E-state index contributed by atoms with van der Waals surface area (Å²) >= 11 is 0. The Kier molecular flexibility index (Phi) is 7.38. The van der Waals surface area contributed by atoms with Crippen LogP contribution in [0.4, 0.5) is 0 Å². The van der Waals surface area contributed by atoms with Crippen LogP contribution in [-0.2, 0) is 20.8 Å². The van der Waals surface area contributed by atoms with E-state index in [0.717, 1.165) is 5.56 Å². The van der Waals surface area contributed by atoms with Gasteiger partial charge in [0.15, 0.2) is 0 Å². The molecule has 0 unspecified atom stereocenters. The number of benzene rings is 1. The van der Waals surface area contributed by atoms with Crippen LogP contribution in [0.1, 0.15) is 26.3 Å². The summed E-state index contributed by atoms with van der Waals surface area (Å²) in [5, 5.41) is 17.1. The van der Waals surface area contributed by atoms with E-state index >= 15 is 0 Å². The van der Waals surface area contributed by atoms with E-state index in [1.54, 1.807) is 24.3 Å². The number of rotatable bonds is 8. The van der Waals surface area contributed by atoms with Crippen LogP contribution in [0.15, 0.2) is 30.3 Å². The topological polar surface area (TPSA) is 108 Å². The number of carboxylic acid groups (broad SMARTS) is 1. The average molecular weight is 335 g/mol. The summed E-state index contributed by atoms with van der Waals surface area (Å²) in [4.78, 5) is 34.8. The second-order valence-corrected chi connectivity index (χ2v) is 6.53. The highest BCUT2D eigenvalue weighted by molar-refractivity contribution is 5.88. The lowest BCUT2D eigenvalue weighted by Crippen LogP contribution is -2.48. The van der Waals surface area contributed by atoms with Gasteiger partial charge in [0.1, 0.15) is 6.04 Å². The fraction of sp³-hybridized carbons (Fsp3) is 0.471. The first-order valence-corrected chi connectivity index (χ1v) is 7.75. The van der Waals surface area contributed by atoms with Gasteiger partial charge < -0.3 is 21.1 Å². The van der Waals surface area contributed by atoms with Gasteiger partial charge in [0.05, 0.1) is 13.1 Å². The van der Waals surface area contributed by atoms with E-state index < -0.39 is 17.9 Å². The summed E-state index contributed by atoms with van der Waals surface area (Å²) in [5.41, 5.74) is 0.604. The van der Waals surface area contributed by atoms with E-state index in [0.29, 0.717) is 0 Å². The van der Waals surface area contributed by atoms with Crippen LogP contribution in [0, 0.1) is 0 Å². The molecule has 0 spiro atoms. The van der Waals surface area contributed by atoms with Crippen LogP contribution < -0.4 is 16.0 Å². The van der Waals surface area contributed by atoms with Gasteiger partial charge in [0.2, 0.25) is 11.8 Å². The molecule has 0 aliphatic rings. The van der Waals surface area contributed by atoms with Gasteiger partial charge in [-0.25, -0.2) is 4.79 Å². The molecule has 0 aromatic heterocycles. The maximum absolute atomic E-state index is 11.8. The van der Waals surface area contributed by atoms with Crippen LogP contribution in [0.2, 0.25) is 0 Å². The van der Waals surface area contributed by atoms with Crippen molar-refractivity contribution in [3.05, 3.63) is 35.9 Å². The summed E-state index contributed by atoms with van der Waals surface area (Å²) in [6, 6.07) is 7.99. The average Bonchev–Trinajstić information content (AvgIpc) is 2.50. The zero-order valence-corrected chi connectivity index (χ0v) is 14.3. The van der Waals surface area contributed by atoms with Crippen molar-refractivity contribution in [3.8, 4) is 0 Å². The number of carboxylic acids is 1. The van der Waals surface area contributed by atoms with Crippen molar-refractivity contribution in [1.82, 2.24) is 16.0 Å². The molecule has 0 aliphatic carbocycles. The van der Waals surface area contributed by atoms with Crippen molar-refractivity contribution in [2.24, 2.45) is 0 Å². The zero-order valence-electron chi connectivity index (χ0n) is 14.3. The van der Waals surface area contributed by atoms with Gasteiger partial charge in [-0.1, -0.05) is 30.3 Å². The molecule has 1 rings (SSSR count). The fourth-order valence-corrected chi connectivity index (χ4v) is 1.88. The Morgan fingerprint density at radius 3 is 2.21 bits per heavy atom. The lowest BCUT2D eigenvalue weighted by Gasteiger charge is -2.20. The standard InChI is InChI=1S/C17H25N3O4/c1-17(2,3)19-11-14(21)18-10-15(22)20-13(16(23)24)9-12-7-5-4-6-8-12/h4-8,13,19H,9-11H2,1-3H3,(H,18,21)(H,20,22)(H,23,24)/t13-/m1/s1. The number of carbonyl (C=O) groups is 3. The Morgan fingerprint density at radius 2 is 1.67 bits per heavy atom. The van der Waals surface area contributed by atoms with Crippen molar-refractivity contribution in [2.75, 3.05) is 13.1 Å². The summed E-state index contributed by atoms with van der Waals surface area (Å²) in [6.45, 7) is 5.60. The van der Waals surface area contributed by atoms with E-state index in [2.05, 4.69) is 16.0 Å². The highest BCUT2D eigenvalue weighted by atomic mass is 16.4. The van der Waals surface area contributed by atoms with Crippen molar-refractivity contribution in [2.45, 2.75) is 38.8 Å². The Bertz CT molecular complexity index is 567. The molecule has 1 aromatic carbocycles. The second kappa shape index (κ2) is 9.02. The highest BCUT2D eigenvalue weighted by Crippen LogP contribution is 2.03. The zero-order chi connectivity index (χ0) is 18.2. The molecule has 0 heterocycles. The van der Waals surface area contributed by atoms with Gasteiger partial charge in [-0.05, 0) is 26.3 Å². The Labute approximate surface area is 141 Å². The molecule has 0 saturated heterocycles. The fourth-order valence-electron chi connectivity index (χ4n) is 1.88. The Morgan fingerprint density at radius 1 is 1.04 bits per heavy atom. The molecule has 24 heavy (non-hydrogen) atoms. The summed E-state index contributed by atoms with van der Waals surface area (Å²) in [7, 11) is 0. The lowest BCUT2D eigenvalue weighted by molar-refractivity contribution is -0.141. The van der Waals surface area contributed by atoms with Gasteiger partial charge in [-0.2, -0.15) is 0 Å². The minimum absolute atomic E-state index is 0.0865. The van der Waals surface area contributed by atoms with Gasteiger partial charge in [0, 0.05) is 12.0 Å². The van der Waals surface area contributed by atoms with Crippen molar-refractivity contribution in [1.29, 1.82) is 0 Å². The van der Waals surface area contributed by atoms with E-state index in [1.165, 1.54) is 0 Å². The normalized spacial score (nSPS) is 12.3. The van der Waals surface area contributed by atoms with Crippen molar-refractivity contribution in [3.63, 3.8) is 0 Å². The molecule has 0 saturated carbocycles. The molecule has 132 valence electrons. The number of carbonyl (C=O) groups excluding carboxylic acids is 2. The van der Waals surface area contributed by atoms with E-state index in [4.69, 9.17) is 0 Å². The van der Waals surface area contributed by atoms with Crippen molar-refractivity contribution < 1.29 is 19.5 Å². The minimum atomic E-state index is -1.12. The predicted molar refractivity (Wildman–Crippen MR) is 90.5 cm³/mol. The molecule has 0 aliphatic heterocycles. The van der Waals surface area contributed by atoms with Crippen LogP contribution in [0.25, 0.3) is 0 Å². The largest absolute Gasteiger partial charge is 0.480 e. The number of aliphatic carboxylic acids is 1. The molecule has 2 amide bonds. The molecule has 7 heteroatoms. The molecule has 7 nitrogen and oxygen atoms in total.